The van der Waals surface area contributed by atoms with E-state index in [2.05, 4.69) is 54.4 Å². The lowest BCUT2D eigenvalue weighted by Crippen LogP contribution is -2.46. The molecule has 0 radical (unpaired) electrons. The maximum atomic E-state index is 13.4. The second kappa shape index (κ2) is 14.9. The van der Waals surface area contributed by atoms with Crippen molar-refractivity contribution in [1.82, 2.24) is 25.1 Å². The van der Waals surface area contributed by atoms with Crippen LogP contribution in [0.2, 0.25) is 0 Å². The summed E-state index contributed by atoms with van der Waals surface area (Å²) >= 11 is 0. The number of nitrogens with two attached hydrogens (primary N) is 1. The molecule has 0 saturated carbocycles. The van der Waals surface area contributed by atoms with Gasteiger partial charge in [-0.15, -0.1) is 0 Å². The molecule has 54 heavy (non-hydrogen) atoms. The van der Waals surface area contributed by atoms with Gasteiger partial charge in [-0.05, 0) is 93.6 Å². The number of imide groups is 1. The van der Waals surface area contributed by atoms with Crippen LogP contribution in [-0.4, -0.2) is 115 Å². The molecule has 2 unspecified atom stereocenters. The van der Waals surface area contributed by atoms with Crippen LogP contribution in [0.25, 0.3) is 0 Å². The molecule has 5 aliphatic rings. The Morgan fingerprint density at radius 2 is 1.61 bits per heavy atom. The Kier molecular flexibility index (Phi) is 9.88. The van der Waals surface area contributed by atoms with Crippen molar-refractivity contribution in [3.63, 3.8) is 0 Å². The van der Waals surface area contributed by atoms with Gasteiger partial charge in [0, 0.05) is 74.7 Å². The molecule has 1 aliphatic carbocycles. The Morgan fingerprint density at radius 1 is 0.870 bits per heavy atom. The second-order valence-electron chi connectivity index (χ2n) is 15.5. The van der Waals surface area contributed by atoms with Gasteiger partial charge in [0.15, 0.2) is 23.1 Å². The number of nitrogens with zero attached hydrogens (tertiary/aromatic N) is 6. The van der Waals surface area contributed by atoms with Crippen molar-refractivity contribution in [3.05, 3.63) is 71.0 Å². The van der Waals surface area contributed by atoms with Crippen molar-refractivity contribution in [2.45, 2.75) is 38.0 Å². The molecule has 5 heterocycles. The van der Waals surface area contributed by atoms with E-state index < -0.39 is 23.7 Å². The number of carbonyl (C=O) groups is 5. The molecule has 3 amide bonds. The molecule has 4 aliphatic heterocycles. The third-order valence-corrected chi connectivity index (χ3v) is 12.0. The first-order valence-electron chi connectivity index (χ1n) is 19.1. The van der Waals surface area contributed by atoms with E-state index in [4.69, 9.17) is 10.7 Å². The lowest BCUT2D eigenvalue weighted by atomic mass is 9.82. The summed E-state index contributed by atoms with van der Waals surface area (Å²) in [6.45, 7) is 8.37. The van der Waals surface area contributed by atoms with Crippen LogP contribution in [0.4, 0.5) is 23.0 Å². The molecule has 0 spiro atoms. The maximum absolute atomic E-state index is 13.4. The number of hydrogen-bond donors (Lipinski definition) is 3. The molecule has 0 bridgehead atoms. The number of hydrogen-bond acceptors (Lipinski definition) is 12. The molecule has 4 fully saturated rings. The Morgan fingerprint density at radius 3 is 2.33 bits per heavy atom. The van der Waals surface area contributed by atoms with Gasteiger partial charge in [0.1, 0.15) is 5.82 Å². The first-order valence-corrected chi connectivity index (χ1v) is 19.1. The number of likely N-dealkylation sites (tertiary alicyclic amines) is 1. The number of likely N-dealkylation sites (N-methyl/N-ethyl adjacent to an activating group) is 1. The number of piperidine rings is 2. The standard InChI is InChI=1S/C40H47N9O5/c1-46-16-18-48(19-17-46)32-21-42-35(38(41)53)39(44-32)43-27-4-2-25(3-5-27)26-11-13-47(14-12-26)22-24-10-15-49(23-24)28-6-7-29-31(20-28)37(52)34(36(29)51)30-8-9-33(50)45-40(30)54/h2-7,20-21,24,26,30,34H,8-19,22-23H2,1H3,(H2,41,53)(H,43,44)(H,45,50,54)/t24-,30?,34?/m1/s1. The van der Waals surface area contributed by atoms with Crippen LogP contribution in [0.3, 0.4) is 0 Å². The SMILES string of the molecule is CN1CCN(c2cnc(C(N)=O)c(Nc3ccc(C4CCN(C[C@H]5CCN(c6ccc7c(c6)C(=O)C(C6CCC(=O)NC6=O)C7=O)C5)CC4)cc3)n2)CC1. The predicted octanol–water partition coefficient (Wildman–Crippen LogP) is 2.82. The smallest absolute Gasteiger partial charge is 0.271 e. The Balaban J connectivity index is 0.833. The predicted molar refractivity (Wildman–Crippen MR) is 203 cm³/mol. The number of amides is 3. The highest BCUT2D eigenvalue weighted by molar-refractivity contribution is 6.28. The Hall–Kier alpha value is -5.21. The summed E-state index contributed by atoms with van der Waals surface area (Å²) in [4.78, 5) is 81.3. The lowest BCUT2D eigenvalue weighted by molar-refractivity contribution is -0.137. The first-order chi connectivity index (χ1) is 26.1. The minimum Gasteiger partial charge on any atom is -0.371 e. The molecule has 1 aromatic heterocycles. The van der Waals surface area contributed by atoms with Crippen LogP contribution in [-0.2, 0) is 9.59 Å². The number of piperazine rings is 1. The van der Waals surface area contributed by atoms with Crippen LogP contribution in [0.15, 0.2) is 48.7 Å². The third kappa shape index (κ3) is 7.19. The summed E-state index contributed by atoms with van der Waals surface area (Å²) in [7, 11) is 2.10. The molecular formula is C40H47N9O5. The quantitative estimate of drug-likeness (QED) is 0.217. The molecule has 3 atom stereocenters. The van der Waals surface area contributed by atoms with Gasteiger partial charge in [0.2, 0.25) is 11.8 Å². The number of primary amides is 1. The van der Waals surface area contributed by atoms with Crippen molar-refractivity contribution >= 4 is 52.3 Å². The summed E-state index contributed by atoms with van der Waals surface area (Å²) in [5, 5.41) is 5.58. The fourth-order valence-corrected chi connectivity index (χ4v) is 8.84. The van der Waals surface area contributed by atoms with Gasteiger partial charge in [-0.2, -0.15) is 0 Å². The summed E-state index contributed by atoms with van der Waals surface area (Å²) in [5.41, 5.74) is 9.58. The van der Waals surface area contributed by atoms with Crippen molar-refractivity contribution in [3.8, 4) is 0 Å². The highest BCUT2D eigenvalue weighted by Gasteiger charge is 2.47. The number of anilines is 4. The van der Waals surface area contributed by atoms with Crippen LogP contribution in [0, 0.1) is 17.8 Å². The highest BCUT2D eigenvalue weighted by atomic mass is 16.2. The molecular weight excluding hydrogens is 686 g/mol. The zero-order valence-corrected chi connectivity index (χ0v) is 30.6. The highest BCUT2D eigenvalue weighted by Crippen LogP contribution is 2.38. The van der Waals surface area contributed by atoms with Gasteiger partial charge < -0.3 is 30.7 Å². The fourth-order valence-electron chi connectivity index (χ4n) is 8.84. The van der Waals surface area contributed by atoms with E-state index in [9.17, 15) is 24.0 Å². The van der Waals surface area contributed by atoms with E-state index >= 15 is 0 Å². The fraction of sp³-hybridized carbons (Fsp3) is 0.475. The maximum Gasteiger partial charge on any atom is 0.271 e. The largest absolute Gasteiger partial charge is 0.371 e. The lowest BCUT2D eigenvalue weighted by Gasteiger charge is -2.34. The van der Waals surface area contributed by atoms with E-state index in [1.54, 1.807) is 12.3 Å². The molecule has 14 nitrogen and oxygen atoms in total. The number of nitrogens with one attached hydrogen (secondary N) is 2. The van der Waals surface area contributed by atoms with Gasteiger partial charge in [-0.25, -0.2) is 9.97 Å². The third-order valence-electron chi connectivity index (χ3n) is 12.0. The second-order valence-corrected chi connectivity index (χ2v) is 15.5. The van der Waals surface area contributed by atoms with Crippen molar-refractivity contribution < 1.29 is 24.0 Å². The van der Waals surface area contributed by atoms with Crippen LogP contribution < -0.4 is 26.2 Å². The van der Waals surface area contributed by atoms with Crippen LogP contribution in [0.5, 0.6) is 0 Å². The molecule has 4 N–H and O–H groups in total. The number of aromatic nitrogens is 2. The minimum absolute atomic E-state index is 0.119. The van der Waals surface area contributed by atoms with Crippen LogP contribution >= 0.6 is 0 Å². The number of fused-ring (bicyclic) bond motifs is 1. The zero-order chi connectivity index (χ0) is 37.5. The van der Waals surface area contributed by atoms with E-state index in [0.717, 1.165) is 95.4 Å². The van der Waals surface area contributed by atoms with Gasteiger partial charge in [-0.1, -0.05) is 12.1 Å². The number of rotatable bonds is 9. The van der Waals surface area contributed by atoms with Crippen molar-refractivity contribution in [2.75, 3.05) is 81.1 Å². The molecule has 4 saturated heterocycles. The molecule has 3 aromatic rings. The summed E-state index contributed by atoms with van der Waals surface area (Å²) < 4.78 is 0. The number of benzene rings is 2. The van der Waals surface area contributed by atoms with E-state index in [1.165, 1.54) is 5.56 Å². The molecule has 2 aromatic carbocycles. The average molecular weight is 734 g/mol. The Bertz CT molecular complexity index is 1970. The monoisotopic (exact) mass is 733 g/mol. The summed E-state index contributed by atoms with van der Waals surface area (Å²) in [6.07, 6.45) is 5.17. The topological polar surface area (TPSA) is 174 Å². The van der Waals surface area contributed by atoms with Gasteiger partial charge in [0.05, 0.1) is 18.0 Å². The van der Waals surface area contributed by atoms with Gasteiger partial charge in [-0.3, -0.25) is 29.3 Å². The molecule has 14 heteroatoms. The van der Waals surface area contributed by atoms with Crippen molar-refractivity contribution in [1.29, 1.82) is 0 Å². The first kappa shape index (κ1) is 35.8. The van der Waals surface area contributed by atoms with E-state index in [0.29, 0.717) is 28.8 Å². The normalized spacial score (nSPS) is 24.2. The Labute approximate surface area is 314 Å². The zero-order valence-electron chi connectivity index (χ0n) is 30.6. The number of Topliss-reactive ketones (excluding diaryl/α,β-unsaturated/α-hetero) is 2. The number of carbonyl (C=O) groups excluding carboxylic acids is 5. The van der Waals surface area contributed by atoms with Crippen molar-refractivity contribution in [2.24, 2.45) is 23.5 Å². The molecule has 282 valence electrons. The molecule has 8 rings (SSSR count). The minimum atomic E-state index is -1.05. The average Bonchev–Trinajstić information content (AvgIpc) is 3.74. The van der Waals surface area contributed by atoms with E-state index in [-0.39, 0.29) is 36.0 Å². The van der Waals surface area contributed by atoms with Gasteiger partial charge >= 0.3 is 0 Å². The summed E-state index contributed by atoms with van der Waals surface area (Å²) in [6, 6.07) is 13.8. The van der Waals surface area contributed by atoms with Gasteiger partial charge in [0.25, 0.3) is 5.91 Å². The van der Waals surface area contributed by atoms with Crippen LogP contribution in [0.1, 0.15) is 74.8 Å². The van der Waals surface area contributed by atoms with E-state index in [1.807, 2.05) is 24.3 Å². The number of ketones is 2. The summed E-state index contributed by atoms with van der Waals surface area (Å²) in [5.74, 6) is -1.94.